The van der Waals surface area contributed by atoms with Gasteiger partial charge in [0.05, 0.1) is 23.2 Å². The van der Waals surface area contributed by atoms with Gasteiger partial charge in [-0.15, -0.1) is 0 Å². The van der Waals surface area contributed by atoms with E-state index in [1.807, 2.05) is 4.72 Å². The number of alkyl halides is 6. The lowest BCUT2D eigenvalue weighted by molar-refractivity contribution is -0.137. The van der Waals surface area contributed by atoms with Crippen molar-refractivity contribution in [2.45, 2.75) is 16.6 Å². The molecule has 0 heterocycles. The molecule has 0 saturated carbocycles. The molecule has 0 radical (unpaired) electrons. The van der Waals surface area contributed by atoms with Gasteiger partial charge in [0, 0.05) is 10.5 Å². The third-order valence-corrected chi connectivity index (χ3v) is 4.57. The van der Waals surface area contributed by atoms with Crippen LogP contribution in [0.1, 0.15) is 15.9 Å². The molecule has 158 valence electrons. The van der Waals surface area contributed by atoms with Crippen LogP contribution in [0.25, 0.3) is 0 Å². The molecule has 5 nitrogen and oxygen atoms in total. The SMILES string of the molecule is CS(=O)(=O)Nc1ccc(C(F)(F)F)cc1NC(=O)c1ccc(SC(F)(F)F)cc1. The van der Waals surface area contributed by atoms with E-state index in [1.54, 1.807) is 0 Å². The topological polar surface area (TPSA) is 75.3 Å². The number of hydrogen-bond acceptors (Lipinski definition) is 4. The van der Waals surface area contributed by atoms with E-state index in [9.17, 15) is 39.6 Å². The number of thioether (sulfide) groups is 1. The van der Waals surface area contributed by atoms with E-state index in [0.29, 0.717) is 12.1 Å². The Morgan fingerprint density at radius 3 is 2.00 bits per heavy atom. The number of carbonyl (C=O) groups excluding carboxylic acids is 1. The van der Waals surface area contributed by atoms with Crippen molar-refractivity contribution >= 4 is 39.1 Å². The molecule has 0 aliphatic carbocycles. The van der Waals surface area contributed by atoms with Crippen molar-refractivity contribution in [3.05, 3.63) is 53.6 Å². The van der Waals surface area contributed by atoms with Gasteiger partial charge in [-0.3, -0.25) is 9.52 Å². The van der Waals surface area contributed by atoms with Gasteiger partial charge in [0.2, 0.25) is 10.0 Å². The second-order valence-corrected chi connectivity index (χ2v) is 8.55. The van der Waals surface area contributed by atoms with Crippen molar-refractivity contribution in [2.24, 2.45) is 0 Å². The van der Waals surface area contributed by atoms with Crippen molar-refractivity contribution < 1.29 is 39.6 Å². The summed E-state index contributed by atoms with van der Waals surface area (Å²) >= 11 is -0.395. The second-order valence-electron chi connectivity index (χ2n) is 5.66. The highest BCUT2D eigenvalue weighted by Crippen LogP contribution is 2.37. The van der Waals surface area contributed by atoms with Crippen LogP contribution in [0.15, 0.2) is 47.4 Å². The quantitative estimate of drug-likeness (QED) is 0.492. The first-order valence-electron chi connectivity index (χ1n) is 7.50. The average molecular weight is 458 g/mol. The Morgan fingerprint density at radius 2 is 1.52 bits per heavy atom. The van der Waals surface area contributed by atoms with Crippen LogP contribution in [0.4, 0.5) is 37.7 Å². The number of benzene rings is 2. The molecule has 0 atom stereocenters. The van der Waals surface area contributed by atoms with E-state index in [-0.39, 0.29) is 16.1 Å². The molecule has 2 N–H and O–H groups in total. The van der Waals surface area contributed by atoms with Crippen LogP contribution in [0.3, 0.4) is 0 Å². The summed E-state index contributed by atoms with van der Waals surface area (Å²) in [5, 5.41) is 2.13. The summed E-state index contributed by atoms with van der Waals surface area (Å²) in [6, 6.07) is 6.17. The monoisotopic (exact) mass is 458 g/mol. The third-order valence-electron chi connectivity index (χ3n) is 3.24. The molecule has 0 bridgehead atoms. The molecular weight excluding hydrogens is 446 g/mol. The van der Waals surface area contributed by atoms with Crippen LogP contribution in [-0.2, 0) is 16.2 Å². The van der Waals surface area contributed by atoms with Gasteiger partial charge in [0.1, 0.15) is 0 Å². The van der Waals surface area contributed by atoms with Crippen molar-refractivity contribution in [1.82, 2.24) is 0 Å². The van der Waals surface area contributed by atoms with Gasteiger partial charge in [-0.1, -0.05) is 0 Å². The normalized spacial score (nSPS) is 12.5. The lowest BCUT2D eigenvalue weighted by Crippen LogP contribution is -2.17. The summed E-state index contributed by atoms with van der Waals surface area (Å²) < 4.78 is 101. The highest BCUT2D eigenvalue weighted by atomic mass is 32.2. The number of nitrogens with one attached hydrogen (secondary N) is 2. The smallest absolute Gasteiger partial charge is 0.320 e. The first kappa shape index (κ1) is 22.9. The lowest BCUT2D eigenvalue weighted by atomic mass is 10.1. The molecule has 2 rings (SSSR count). The van der Waals surface area contributed by atoms with Crippen LogP contribution in [0, 0.1) is 0 Å². The van der Waals surface area contributed by atoms with Crippen molar-refractivity contribution in [1.29, 1.82) is 0 Å². The minimum atomic E-state index is -4.75. The summed E-state index contributed by atoms with van der Waals surface area (Å²) in [5.74, 6) is -0.940. The number of anilines is 2. The number of carbonyl (C=O) groups is 1. The van der Waals surface area contributed by atoms with Crippen LogP contribution >= 0.6 is 11.8 Å². The highest BCUT2D eigenvalue weighted by molar-refractivity contribution is 8.00. The Hall–Kier alpha value is -2.41. The number of amides is 1. The molecule has 29 heavy (non-hydrogen) atoms. The number of halogens is 6. The molecule has 2 aromatic carbocycles. The Labute approximate surface area is 165 Å². The second kappa shape index (κ2) is 8.14. The molecule has 0 aliphatic heterocycles. The zero-order valence-electron chi connectivity index (χ0n) is 14.4. The summed E-state index contributed by atoms with van der Waals surface area (Å²) in [5.41, 5.74) is -6.57. The Balaban J connectivity index is 2.32. The van der Waals surface area contributed by atoms with E-state index in [2.05, 4.69) is 5.32 Å². The van der Waals surface area contributed by atoms with E-state index < -0.39 is 50.6 Å². The first-order valence-corrected chi connectivity index (χ1v) is 10.2. The van der Waals surface area contributed by atoms with Crippen LogP contribution in [-0.4, -0.2) is 26.1 Å². The molecule has 0 spiro atoms. The standard InChI is InChI=1S/C16H12F6N2O3S2/c1-29(26,27)24-12-7-4-10(15(17,18)19)8-13(12)23-14(25)9-2-5-11(6-3-9)28-16(20,21)22/h2-8,24H,1H3,(H,23,25). The minimum absolute atomic E-state index is 0.140. The summed E-state index contributed by atoms with van der Waals surface area (Å²) in [6.45, 7) is 0. The highest BCUT2D eigenvalue weighted by Gasteiger charge is 2.32. The van der Waals surface area contributed by atoms with Gasteiger partial charge in [-0.25, -0.2) is 8.42 Å². The Morgan fingerprint density at radius 1 is 0.931 bits per heavy atom. The lowest BCUT2D eigenvalue weighted by Gasteiger charge is -2.15. The molecule has 0 saturated heterocycles. The van der Waals surface area contributed by atoms with E-state index >= 15 is 0 Å². The summed E-state index contributed by atoms with van der Waals surface area (Å²) in [7, 11) is -3.86. The maximum Gasteiger partial charge on any atom is 0.446 e. The molecule has 0 aromatic heterocycles. The zero-order chi connectivity index (χ0) is 22.0. The predicted molar refractivity (Wildman–Crippen MR) is 96.2 cm³/mol. The van der Waals surface area contributed by atoms with Crippen LogP contribution in [0.2, 0.25) is 0 Å². The molecule has 0 fully saturated rings. The van der Waals surface area contributed by atoms with Crippen molar-refractivity contribution in [3.8, 4) is 0 Å². The molecule has 0 unspecified atom stereocenters. The number of rotatable bonds is 5. The fraction of sp³-hybridized carbons (Fsp3) is 0.188. The maximum absolute atomic E-state index is 12.9. The largest absolute Gasteiger partial charge is 0.446 e. The minimum Gasteiger partial charge on any atom is -0.320 e. The Bertz CT molecular complexity index is 1000. The summed E-state index contributed by atoms with van der Waals surface area (Å²) in [4.78, 5) is 12.1. The fourth-order valence-electron chi connectivity index (χ4n) is 2.12. The van der Waals surface area contributed by atoms with E-state index in [4.69, 9.17) is 0 Å². The molecular formula is C16H12F6N2O3S2. The van der Waals surface area contributed by atoms with Gasteiger partial charge in [-0.2, -0.15) is 26.3 Å². The van der Waals surface area contributed by atoms with Crippen molar-refractivity contribution in [2.75, 3.05) is 16.3 Å². The zero-order valence-corrected chi connectivity index (χ0v) is 16.0. The van der Waals surface area contributed by atoms with Gasteiger partial charge in [-0.05, 0) is 54.2 Å². The molecule has 2 aromatic rings. The fourth-order valence-corrected chi connectivity index (χ4v) is 3.23. The van der Waals surface area contributed by atoms with Gasteiger partial charge < -0.3 is 5.32 Å². The molecule has 0 aliphatic rings. The Kier molecular flexibility index (Phi) is 6.42. The maximum atomic E-state index is 12.9. The van der Waals surface area contributed by atoms with E-state index in [1.165, 1.54) is 0 Å². The van der Waals surface area contributed by atoms with Gasteiger partial charge >= 0.3 is 11.7 Å². The number of hydrogen-bond donors (Lipinski definition) is 2. The number of sulfonamides is 1. The predicted octanol–water partition coefficient (Wildman–Crippen LogP) is 4.94. The van der Waals surface area contributed by atoms with Gasteiger partial charge in [0.15, 0.2) is 0 Å². The third kappa shape index (κ3) is 7.16. The summed E-state index contributed by atoms with van der Waals surface area (Å²) in [6.07, 6.45) is -3.98. The molecule has 13 heteroatoms. The molecule has 1 amide bonds. The van der Waals surface area contributed by atoms with E-state index in [0.717, 1.165) is 36.6 Å². The first-order chi connectivity index (χ1) is 13.1. The van der Waals surface area contributed by atoms with Crippen LogP contribution < -0.4 is 10.0 Å². The van der Waals surface area contributed by atoms with Gasteiger partial charge in [0.25, 0.3) is 5.91 Å². The average Bonchev–Trinajstić information content (AvgIpc) is 2.53. The van der Waals surface area contributed by atoms with Crippen molar-refractivity contribution in [3.63, 3.8) is 0 Å². The van der Waals surface area contributed by atoms with Crippen LogP contribution in [0.5, 0.6) is 0 Å².